The number of ether oxygens (including phenoxy) is 1. The number of rotatable bonds is 3. The van der Waals surface area contributed by atoms with Crippen LogP contribution in [0.4, 0.5) is 13.2 Å². The second-order valence-electron chi connectivity index (χ2n) is 4.22. The van der Waals surface area contributed by atoms with E-state index in [1.165, 1.54) is 24.4 Å². The van der Waals surface area contributed by atoms with Gasteiger partial charge in [0.25, 0.3) is 0 Å². The van der Waals surface area contributed by atoms with Crippen LogP contribution in [-0.2, 0) is 10.9 Å². The molecular formula is C14H9ClF3NO3. The molecule has 0 fully saturated rings. The predicted molar refractivity (Wildman–Crippen MR) is 72.5 cm³/mol. The van der Waals surface area contributed by atoms with Crippen LogP contribution in [0.3, 0.4) is 0 Å². The molecule has 0 unspecified atom stereocenters. The molecule has 1 aromatic carbocycles. The average Bonchev–Trinajstić information content (AvgIpc) is 2.52. The maximum Gasteiger partial charge on any atom is 0.416 e. The van der Waals surface area contributed by atoms with Crippen molar-refractivity contribution in [1.82, 2.24) is 4.98 Å². The highest BCUT2D eigenvalue weighted by Crippen LogP contribution is 2.33. The van der Waals surface area contributed by atoms with Crippen LogP contribution in [0.25, 0.3) is 11.1 Å². The van der Waals surface area contributed by atoms with E-state index in [2.05, 4.69) is 14.0 Å². The van der Waals surface area contributed by atoms with Crippen molar-refractivity contribution in [3.63, 3.8) is 0 Å². The molecule has 1 heterocycles. The van der Waals surface area contributed by atoms with Crippen molar-refractivity contribution in [2.24, 2.45) is 0 Å². The Morgan fingerprint density at radius 3 is 2.55 bits per heavy atom. The Kier molecular flexibility index (Phi) is 4.56. The number of esters is 1. The van der Waals surface area contributed by atoms with E-state index in [1.807, 2.05) is 0 Å². The zero-order valence-corrected chi connectivity index (χ0v) is 11.9. The number of benzene rings is 1. The third-order valence-corrected chi connectivity index (χ3v) is 3.00. The van der Waals surface area contributed by atoms with Gasteiger partial charge in [-0.1, -0.05) is 12.1 Å². The lowest BCUT2D eigenvalue weighted by molar-refractivity contribution is -0.137. The molecular weight excluding hydrogens is 323 g/mol. The maximum atomic E-state index is 12.7. The number of hydrogen-bond acceptors (Lipinski definition) is 4. The second-order valence-corrected chi connectivity index (χ2v) is 4.37. The van der Waals surface area contributed by atoms with Gasteiger partial charge < -0.3 is 9.03 Å². The number of halogens is 4. The molecule has 0 bridgehead atoms. The highest BCUT2D eigenvalue weighted by molar-refractivity contribution is 6.10. The van der Waals surface area contributed by atoms with Crippen LogP contribution in [0.15, 0.2) is 36.5 Å². The Balaban J connectivity index is 2.48. The van der Waals surface area contributed by atoms with Crippen molar-refractivity contribution in [2.45, 2.75) is 6.18 Å². The number of nitrogens with zero attached hydrogens (tertiary/aromatic N) is 1. The van der Waals surface area contributed by atoms with E-state index in [4.69, 9.17) is 11.9 Å². The maximum absolute atomic E-state index is 12.7. The first-order valence-electron chi connectivity index (χ1n) is 5.91. The summed E-state index contributed by atoms with van der Waals surface area (Å²) in [5, 5.41) is 0. The number of methoxy groups -OCH3 is 1. The fourth-order valence-electron chi connectivity index (χ4n) is 1.79. The summed E-state index contributed by atoms with van der Waals surface area (Å²) in [6.07, 6.45) is -3.22. The second kappa shape index (κ2) is 6.23. The zero-order chi connectivity index (χ0) is 16.3. The summed E-state index contributed by atoms with van der Waals surface area (Å²) in [7, 11) is 1.16. The Hall–Kier alpha value is -2.28. The van der Waals surface area contributed by atoms with Crippen molar-refractivity contribution in [3.8, 4) is 16.9 Å². The summed E-state index contributed by atoms with van der Waals surface area (Å²) < 4.78 is 47.2. The number of hydrogen-bond donors (Lipinski definition) is 0. The molecule has 0 saturated carbocycles. The lowest BCUT2D eigenvalue weighted by atomic mass is 10.0. The number of alkyl halides is 3. The Labute approximate surface area is 128 Å². The summed E-state index contributed by atoms with van der Waals surface area (Å²) in [5.41, 5.74) is -0.397. The van der Waals surface area contributed by atoms with Crippen LogP contribution in [-0.4, -0.2) is 18.1 Å². The van der Waals surface area contributed by atoms with E-state index in [1.54, 1.807) is 0 Å². The van der Waals surface area contributed by atoms with Crippen LogP contribution in [0.2, 0.25) is 0 Å². The van der Waals surface area contributed by atoms with Gasteiger partial charge in [0.2, 0.25) is 0 Å². The standard InChI is InChI=1S/C14H9ClF3NO3/c1-21-13(20)12-11(22-15)6-9(7-19-12)8-3-2-4-10(5-8)14(16,17)18/h2-7H,1H3. The first kappa shape index (κ1) is 16.1. The first-order valence-corrected chi connectivity index (χ1v) is 6.22. The molecule has 4 nitrogen and oxygen atoms in total. The van der Waals surface area contributed by atoms with E-state index in [-0.39, 0.29) is 17.0 Å². The normalized spacial score (nSPS) is 11.1. The van der Waals surface area contributed by atoms with Gasteiger partial charge in [0.15, 0.2) is 11.4 Å². The summed E-state index contributed by atoms with van der Waals surface area (Å²) in [4.78, 5) is 15.3. The fourth-order valence-corrected chi connectivity index (χ4v) is 1.90. The molecule has 0 atom stereocenters. The van der Waals surface area contributed by atoms with E-state index in [0.29, 0.717) is 5.56 Å². The van der Waals surface area contributed by atoms with Gasteiger partial charge in [-0.25, -0.2) is 9.78 Å². The quantitative estimate of drug-likeness (QED) is 0.795. The van der Waals surface area contributed by atoms with Crippen molar-refractivity contribution in [2.75, 3.05) is 7.11 Å². The predicted octanol–water partition coefficient (Wildman–Crippen LogP) is 4.09. The van der Waals surface area contributed by atoms with Crippen molar-refractivity contribution >= 4 is 17.8 Å². The minimum absolute atomic E-state index is 0.108. The van der Waals surface area contributed by atoms with E-state index >= 15 is 0 Å². The number of carbonyl (C=O) groups excluding carboxylic acids is 1. The Morgan fingerprint density at radius 2 is 1.95 bits per heavy atom. The number of aromatic nitrogens is 1. The highest BCUT2D eigenvalue weighted by Gasteiger charge is 2.30. The summed E-state index contributed by atoms with van der Waals surface area (Å²) >= 11 is 5.27. The molecule has 0 aliphatic carbocycles. The number of pyridine rings is 1. The smallest absolute Gasteiger partial charge is 0.416 e. The van der Waals surface area contributed by atoms with Crippen LogP contribution >= 0.6 is 11.9 Å². The van der Waals surface area contributed by atoms with Crippen molar-refractivity contribution in [1.29, 1.82) is 0 Å². The molecule has 1 aromatic heterocycles. The van der Waals surface area contributed by atoms with E-state index in [9.17, 15) is 18.0 Å². The Morgan fingerprint density at radius 1 is 1.23 bits per heavy atom. The molecule has 0 spiro atoms. The fraction of sp³-hybridized carbons (Fsp3) is 0.143. The molecule has 0 aliphatic heterocycles. The van der Waals surface area contributed by atoms with Crippen LogP contribution in [0, 0.1) is 0 Å². The van der Waals surface area contributed by atoms with Gasteiger partial charge in [-0.05, 0) is 23.8 Å². The molecule has 0 saturated heterocycles. The van der Waals surface area contributed by atoms with Crippen LogP contribution < -0.4 is 4.29 Å². The molecule has 2 rings (SSSR count). The number of carbonyl (C=O) groups is 1. The SMILES string of the molecule is COC(=O)c1ncc(-c2cccc(C(F)(F)F)c2)cc1OCl. The van der Waals surface area contributed by atoms with Gasteiger partial charge in [0.05, 0.1) is 12.7 Å². The lowest BCUT2D eigenvalue weighted by Gasteiger charge is -2.10. The molecule has 0 aliphatic rings. The molecule has 2 aromatic rings. The molecule has 22 heavy (non-hydrogen) atoms. The third-order valence-electron chi connectivity index (χ3n) is 2.84. The summed E-state index contributed by atoms with van der Waals surface area (Å²) in [5.74, 6) is -0.880. The minimum Gasteiger partial charge on any atom is -0.464 e. The van der Waals surface area contributed by atoms with Gasteiger partial charge in [-0.15, -0.1) is 0 Å². The lowest BCUT2D eigenvalue weighted by Crippen LogP contribution is -2.06. The molecule has 116 valence electrons. The average molecular weight is 332 g/mol. The molecule has 0 radical (unpaired) electrons. The van der Waals surface area contributed by atoms with Gasteiger partial charge in [-0.3, -0.25) is 0 Å². The van der Waals surface area contributed by atoms with Gasteiger partial charge in [0, 0.05) is 11.8 Å². The van der Waals surface area contributed by atoms with Gasteiger partial charge >= 0.3 is 12.1 Å². The summed E-state index contributed by atoms with van der Waals surface area (Å²) in [6, 6.07) is 5.98. The molecule has 0 N–H and O–H groups in total. The Bertz CT molecular complexity index is 704. The minimum atomic E-state index is -4.46. The van der Waals surface area contributed by atoms with E-state index < -0.39 is 17.7 Å². The van der Waals surface area contributed by atoms with Gasteiger partial charge in [-0.2, -0.15) is 13.2 Å². The third kappa shape index (κ3) is 3.30. The highest BCUT2D eigenvalue weighted by atomic mass is 35.5. The van der Waals surface area contributed by atoms with Crippen LogP contribution in [0.1, 0.15) is 16.1 Å². The zero-order valence-electron chi connectivity index (χ0n) is 11.1. The largest absolute Gasteiger partial charge is 0.464 e. The monoisotopic (exact) mass is 331 g/mol. The van der Waals surface area contributed by atoms with Gasteiger partial charge in [0.1, 0.15) is 11.9 Å². The molecule has 8 heteroatoms. The topological polar surface area (TPSA) is 48.4 Å². The molecule has 0 amide bonds. The van der Waals surface area contributed by atoms with Crippen molar-refractivity contribution in [3.05, 3.63) is 47.8 Å². The summed E-state index contributed by atoms with van der Waals surface area (Å²) in [6.45, 7) is 0. The van der Waals surface area contributed by atoms with E-state index in [0.717, 1.165) is 19.2 Å². The van der Waals surface area contributed by atoms with Crippen molar-refractivity contribution < 1.29 is 27.0 Å². The van der Waals surface area contributed by atoms with Crippen LogP contribution in [0.5, 0.6) is 5.75 Å². The first-order chi connectivity index (χ1) is 10.4.